The second kappa shape index (κ2) is 5.21. The van der Waals surface area contributed by atoms with Gasteiger partial charge >= 0.3 is 0 Å². The number of rotatable bonds is 5. The van der Waals surface area contributed by atoms with Crippen LogP contribution in [0, 0.1) is 0 Å². The van der Waals surface area contributed by atoms with Crippen molar-refractivity contribution in [3.63, 3.8) is 0 Å². The lowest BCUT2D eigenvalue weighted by molar-refractivity contribution is 0.786. The standard InChI is InChI=1S/C10H16N4/c1-3-7-14(8-4-2)10-12-6-5-9(11)13-10/h3,5-6H,1,4,7-8H2,2H3,(H2,11,12,13). The highest BCUT2D eigenvalue weighted by atomic mass is 15.2. The summed E-state index contributed by atoms with van der Waals surface area (Å²) < 4.78 is 0. The number of hydrogen-bond donors (Lipinski definition) is 1. The maximum absolute atomic E-state index is 5.59. The van der Waals surface area contributed by atoms with Gasteiger partial charge in [0.15, 0.2) is 0 Å². The number of anilines is 2. The van der Waals surface area contributed by atoms with Crippen molar-refractivity contribution in [2.45, 2.75) is 13.3 Å². The maximum Gasteiger partial charge on any atom is 0.227 e. The Hall–Kier alpha value is -1.58. The first kappa shape index (κ1) is 10.5. The molecule has 4 nitrogen and oxygen atoms in total. The summed E-state index contributed by atoms with van der Waals surface area (Å²) in [5, 5.41) is 0. The van der Waals surface area contributed by atoms with Crippen LogP contribution in [0.2, 0.25) is 0 Å². The Morgan fingerprint density at radius 3 is 3.00 bits per heavy atom. The molecule has 0 aliphatic carbocycles. The summed E-state index contributed by atoms with van der Waals surface area (Å²) >= 11 is 0. The fraction of sp³-hybridized carbons (Fsp3) is 0.400. The van der Waals surface area contributed by atoms with Crippen LogP contribution in [0.3, 0.4) is 0 Å². The highest BCUT2D eigenvalue weighted by Crippen LogP contribution is 2.08. The normalized spacial score (nSPS) is 9.79. The van der Waals surface area contributed by atoms with Crippen LogP contribution in [0.4, 0.5) is 11.8 Å². The molecule has 0 amide bonds. The van der Waals surface area contributed by atoms with Crippen LogP contribution >= 0.6 is 0 Å². The Labute approximate surface area is 84.5 Å². The summed E-state index contributed by atoms with van der Waals surface area (Å²) in [5.74, 6) is 1.17. The van der Waals surface area contributed by atoms with Gasteiger partial charge in [-0.25, -0.2) is 4.98 Å². The van der Waals surface area contributed by atoms with Gasteiger partial charge in [-0.1, -0.05) is 13.0 Å². The van der Waals surface area contributed by atoms with Gasteiger partial charge in [0.05, 0.1) is 0 Å². The number of nitrogen functional groups attached to an aromatic ring is 1. The van der Waals surface area contributed by atoms with Gasteiger partial charge < -0.3 is 10.6 Å². The number of nitrogens with two attached hydrogens (primary N) is 1. The zero-order chi connectivity index (χ0) is 10.4. The summed E-state index contributed by atoms with van der Waals surface area (Å²) in [6, 6.07) is 1.68. The molecule has 0 aliphatic heterocycles. The molecule has 1 heterocycles. The molecule has 0 unspecified atom stereocenters. The van der Waals surface area contributed by atoms with Crippen molar-refractivity contribution in [2.75, 3.05) is 23.7 Å². The smallest absolute Gasteiger partial charge is 0.227 e. The van der Waals surface area contributed by atoms with E-state index in [0.29, 0.717) is 11.8 Å². The predicted octanol–water partition coefficient (Wildman–Crippen LogP) is 1.46. The molecule has 0 aromatic carbocycles. The molecule has 0 aliphatic rings. The summed E-state index contributed by atoms with van der Waals surface area (Å²) in [6.07, 6.45) is 4.55. The molecule has 0 bridgehead atoms. The van der Waals surface area contributed by atoms with E-state index in [1.807, 2.05) is 11.0 Å². The molecule has 4 heteroatoms. The topological polar surface area (TPSA) is 55.0 Å². The minimum atomic E-state index is 0.500. The van der Waals surface area contributed by atoms with Crippen LogP contribution in [0.25, 0.3) is 0 Å². The minimum Gasteiger partial charge on any atom is -0.384 e. The van der Waals surface area contributed by atoms with Gasteiger partial charge in [-0.3, -0.25) is 0 Å². The summed E-state index contributed by atoms with van der Waals surface area (Å²) in [4.78, 5) is 10.4. The van der Waals surface area contributed by atoms with Crippen LogP contribution < -0.4 is 10.6 Å². The van der Waals surface area contributed by atoms with Crippen molar-refractivity contribution in [1.29, 1.82) is 0 Å². The fourth-order valence-electron chi connectivity index (χ4n) is 1.21. The Bertz CT molecular complexity index is 298. The molecular formula is C10H16N4. The molecular weight excluding hydrogens is 176 g/mol. The molecule has 1 rings (SSSR count). The molecule has 1 aromatic heterocycles. The zero-order valence-electron chi connectivity index (χ0n) is 8.48. The van der Waals surface area contributed by atoms with E-state index in [0.717, 1.165) is 19.5 Å². The molecule has 0 atom stereocenters. The number of hydrogen-bond acceptors (Lipinski definition) is 4. The van der Waals surface area contributed by atoms with Crippen LogP contribution in [-0.4, -0.2) is 23.1 Å². The van der Waals surface area contributed by atoms with Crippen LogP contribution in [-0.2, 0) is 0 Å². The molecule has 0 fully saturated rings. The average molecular weight is 192 g/mol. The molecule has 0 spiro atoms. The lowest BCUT2D eigenvalue weighted by Crippen LogP contribution is -2.26. The first-order chi connectivity index (χ1) is 6.77. The molecule has 1 aromatic rings. The van der Waals surface area contributed by atoms with Crippen LogP contribution in [0.1, 0.15) is 13.3 Å². The maximum atomic E-state index is 5.59. The predicted molar refractivity (Wildman–Crippen MR) is 59.1 cm³/mol. The summed E-state index contributed by atoms with van der Waals surface area (Å²) in [7, 11) is 0. The molecule has 14 heavy (non-hydrogen) atoms. The highest BCUT2D eigenvalue weighted by Gasteiger charge is 2.06. The van der Waals surface area contributed by atoms with Gasteiger partial charge in [0, 0.05) is 19.3 Å². The van der Waals surface area contributed by atoms with E-state index in [1.165, 1.54) is 0 Å². The van der Waals surface area contributed by atoms with Gasteiger partial charge in [-0.05, 0) is 12.5 Å². The van der Waals surface area contributed by atoms with E-state index in [1.54, 1.807) is 12.3 Å². The van der Waals surface area contributed by atoms with Crippen molar-refractivity contribution < 1.29 is 0 Å². The Morgan fingerprint density at radius 2 is 2.43 bits per heavy atom. The Kier molecular flexibility index (Phi) is 3.91. The van der Waals surface area contributed by atoms with E-state index >= 15 is 0 Å². The monoisotopic (exact) mass is 192 g/mol. The number of aromatic nitrogens is 2. The third-order valence-electron chi connectivity index (χ3n) is 1.79. The van der Waals surface area contributed by atoms with Gasteiger partial charge in [0.25, 0.3) is 0 Å². The van der Waals surface area contributed by atoms with Crippen LogP contribution in [0.15, 0.2) is 24.9 Å². The number of nitrogens with zero attached hydrogens (tertiary/aromatic N) is 3. The highest BCUT2D eigenvalue weighted by molar-refractivity contribution is 5.38. The summed E-state index contributed by atoms with van der Waals surface area (Å²) in [5.41, 5.74) is 5.59. The van der Waals surface area contributed by atoms with E-state index in [-0.39, 0.29) is 0 Å². The van der Waals surface area contributed by atoms with Gasteiger partial charge in [0.1, 0.15) is 5.82 Å². The molecule has 0 saturated heterocycles. The second-order valence-corrected chi connectivity index (χ2v) is 3.02. The van der Waals surface area contributed by atoms with E-state index in [2.05, 4.69) is 23.5 Å². The average Bonchev–Trinajstić information content (AvgIpc) is 2.17. The molecule has 2 N–H and O–H groups in total. The Balaban J connectivity index is 2.80. The minimum absolute atomic E-state index is 0.500. The van der Waals surface area contributed by atoms with Gasteiger partial charge in [0.2, 0.25) is 5.95 Å². The van der Waals surface area contributed by atoms with E-state index in [9.17, 15) is 0 Å². The fourth-order valence-corrected chi connectivity index (χ4v) is 1.21. The van der Waals surface area contributed by atoms with E-state index in [4.69, 9.17) is 5.73 Å². The van der Waals surface area contributed by atoms with Crippen molar-refractivity contribution in [3.05, 3.63) is 24.9 Å². The Morgan fingerprint density at radius 1 is 1.64 bits per heavy atom. The lowest BCUT2D eigenvalue weighted by Gasteiger charge is -2.19. The quantitative estimate of drug-likeness (QED) is 0.718. The van der Waals surface area contributed by atoms with Crippen molar-refractivity contribution in [1.82, 2.24) is 9.97 Å². The van der Waals surface area contributed by atoms with Crippen molar-refractivity contribution in [2.24, 2.45) is 0 Å². The molecule has 76 valence electrons. The third kappa shape index (κ3) is 2.73. The molecule has 0 radical (unpaired) electrons. The summed E-state index contributed by atoms with van der Waals surface area (Å²) in [6.45, 7) is 7.48. The van der Waals surface area contributed by atoms with Crippen molar-refractivity contribution in [3.8, 4) is 0 Å². The van der Waals surface area contributed by atoms with Gasteiger partial charge in [-0.2, -0.15) is 4.98 Å². The second-order valence-electron chi connectivity index (χ2n) is 3.02. The lowest BCUT2D eigenvalue weighted by atomic mass is 10.4. The van der Waals surface area contributed by atoms with Crippen molar-refractivity contribution >= 4 is 11.8 Å². The third-order valence-corrected chi connectivity index (χ3v) is 1.79. The SMILES string of the molecule is C=CCN(CCC)c1nccc(N)n1. The van der Waals surface area contributed by atoms with Gasteiger partial charge in [-0.15, -0.1) is 6.58 Å². The molecule has 0 saturated carbocycles. The van der Waals surface area contributed by atoms with Crippen LogP contribution in [0.5, 0.6) is 0 Å². The van der Waals surface area contributed by atoms with E-state index < -0.39 is 0 Å². The first-order valence-corrected chi connectivity index (χ1v) is 4.72. The zero-order valence-corrected chi connectivity index (χ0v) is 8.48. The largest absolute Gasteiger partial charge is 0.384 e. The first-order valence-electron chi connectivity index (χ1n) is 4.72.